The van der Waals surface area contributed by atoms with Crippen LogP contribution in [-0.2, 0) is 35.5 Å². The van der Waals surface area contributed by atoms with Gasteiger partial charge in [-0.2, -0.15) is 0 Å². The zero-order valence-electron chi connectivity index (χ0n) is 12.3. The summed E-state index contributed by atoms with van der Waals surface area (Å²) in [6, 6.07) is 6.17. The van der Waals surface area contributed by atoms with Crippen molar-refractivity contribution in [3.05, 3.63) is 29.8 Å². The van der Waals surface area contributed by atoms with Crippen LogP contribution in [0.25, 0.3) is 0 Å². The lowest BCUT2D eigenvalue weighted by Crippen LogP contribution is -2.36. The smallest absolute Gasteiger partial charge is 0.333 e. The third kappa shape index (κ3) is 4.07. The number of hydrogen-bond acceptors (Lipinski definition) is 7. The Morgan fingerprint density at radius 3 is 2.43 bits per heavy atom. The summed E-state index contributed by atoms with van der Waals surface area (Å²) in [5, 5.41) is 7.88. The Morgan fingerprint density at radius 2 is 1.91 bits per heavy atom. The van der Waals surface area contributed by atoms with Crippen molar-refractivity contribution in [2.75, 3.05) is 6.26 Å². The van der Waals surface area contributed by atoms with E-state index in [0.29, 0.717) is 0 Å². The number of nitrogens with zero attached hydrogens (tertiary/aromatic N) is 1. The van der Waals surface area contributed by atoms with Gasteiger partial charge in [0.1, 0.15) is 5.75 Å². The third-order valence-corrected chi connectivity index (χ3v) is 4.73. The van der Waals surface area contributed by atoms with Crippen molar-refractivity contribution in [1.82, 2.24) is 5.06 Å². The number of hydroxylamine groups is 2. The summed E-state index contributed by atoms with van der Waals surface area (Å²) in [6.07, 6.45) is 0.498. The minimum Gasteiger partial charge on any atom is -0.508 e. The van der Waals surface area contributed by atoms with E-state index in [1.54, 1.807) is 12.1 Å². The molecule has 9 heteroatoms. The molecule has 1 N–H and O–H groups in total. The van der Waals surface area contributed by atoms with E-state index in [1.807, 2.05) is 0 Å². The Hall–Kier alpha value is -2.42. The summed E-state index contributed by atoms with van der Waals surface area (Å²) in [6.45, 7) is 0. The van der Waals surface area contributed by atoms with E-state index < -0.39 is 39.3 Å². The SMILES string of the molecule is CS(=O)(=O)C1CC(=O)N(OC(=O)CCc2ccc(O)cc2)C1=O. The molecule has 23 heavy (non-hydrogen) atoms. The highest BCUT2D eigenvalue weighted by molar-refractivity contribution is 7.92. The first-order valence-corrected chi connectivity index (χ1v) is 8.68. The van der Waals surface area contributed by atoms with Crippen molar-refractivity contribution in [3.8, 4) is 5.75 Å². The highest BCUT2D eigenvalue weighted by Crippen LogP contribution is 2.20. The Labute approximate surface area is 132 Å². The minimum absolute atomic E-state index is 0.0939. The predicted octanol–water partition coefficient (Wildman–Crippen LogP) is -0.0449. The van der Waals surface area contributed by atoms with Gasteiger partial charge in [0.25, 0.3) is 11.8 Å². The van der Waals surface area contributed by atoms with E-state index in [-0.39, 0.29) is 23.7 Å². The molecule has 8 nitrogen and oxygen atoms in total. The molecule has 0 radical (unpaired) electrons. The topological polar surface area (TPSA) is 118 Å². The number of imide groups is 1. The van der Waals surface area contributed by atoms with Crippen LogP contribution in [0.5, 0.6) is 5.75 Å². The lowest BCUT2D eigenvalue weighted by Gasteiger charge is -2.13. The van der Waals surface area contributed by atoms with Crippen LogP contribution in [0.4, 0.5) is 0 Å². The second-order valence-corrected chi connectivity index (χ2v) is 7.41. The summed E-state index contributed by atoms with van der Waals surface area (Å²) in [5.74, 6) is -2.63. The number of phenolic OH excluding ortho intramolecular Hbond substituents is 1. The summed E-state index contributed by atoms with van der Waals surface area (Å²) in [4.78, 5) is 39.9. The number of carbonyl (C=O) groups excluding carboxylic acids is 3. The van der Waals surface area contributed by atoms with Crippen LogP contribution in [0.2, 0.25) is 0 Å². The number of rotatable bonds is 5. The first kappa shape index (κ1) is 16.9. The van der Waals surface area contributed by atoms with E-state index in [1.165, 1.54) is 12.1 Å². The maximum atomic E-state index is 11.8. The van der Waals surface area contributed by atoms with Crippen molar-refractivity contribution in [1.29, 1.82) is 0 Å². The van der Waals surface area contributed by atoms with Crippen molar-refractivity contribution < 1.29 is 32.7 Å². The number of sulfone groups is 1. The molecular formula is C14H15NO7S. The third-order valence-electron chi connectivity index (χ3n) is 3.33. The van der Waals surface area contributed by atoms with E-state index in [4.69, 9.17) is 5.11 Å². The molecule has 1 unspecified atom stereocenters. The standard InChI is InChI=1S/C14H15NO7S/c1-23(20,21)11-8-12(17)15(14(11)19)22-13(18)7-4-9-2-5-10(16)6-3-9/h2-3,5-6,11,16H,4,7-8H2,1H3. The van der Waals surface area contributed by atoms with Crippen LogP contribution in [0, 0.1) is 0 Å². The average Bonchev–Trinajstić information content (AvgIpc) is 2.75. The fraction of sp³-hybridized carbons (Fsp3) is 0.357. The molecule has 1 aromatic carbocycles. The lowest BCUT2D eigenvalue weighted by atomic mass is 10.1. The second-order valence-electron chi connectivity index (χ2n) is 5.18. The zero-order valence-corrected chi connectivity index (χ0v) is 13.1. The molecule has 1 atom stereocenters. The zero-order chi connectivity index (χ0) is 17.2. The van der Waals surface area contributed by atoms with Gasteiger partial charge < -0.3 is 9.94 Å². The molecule has 1 heterocycles. The molecule has 1 saturated heterocycles. The van der Waals surface area contributed by atoms with Gasteiger partial charge in [-0.25, -0.2) is 13.2 Å². The number of benzene rings is 1. The van der Waals surface area contributed by atoms with Gasteiger partial charge in [0.15, 0.2) is 15.1 Å². The first-order chi connectivity index (χ1) is 10.7. The Morgan fingerprint density at radius 1 is 1.30 bits per heavy atom. The number of phenols is 1. The summed E-state index contributed by atoms with van der Waals surface area (Å²) < 4.78 is 22.8. The molecule has 2 rings (SSSR count). The Bertz CT molecular complexity index is 739. The molecule has 124 valence electrons. The largest absolute Gasteiger partial charge is 0.508 e. The van der Waals surface area contributed by atoms with Crippen molar-refractivity contribution >= 4 is 27.6 Å². The number of carbonyl (C=O) groups is 3. The number of hydrogen-bond donors (Lipinski definition) is 1. The van der Waals surface area contributed by atoms with Crippen molar-refractivity contribution in [2.24, 2.45) is 0 Å². The van der Waals surface area contributed by atoms with Crippen LogP contribution >= 0.6 is 0 Å². The second kappa shape index (κ2) is 6.37. The summed E-state index contributed by atoms with van der Waals surface area (Å²) in [7, 11) is -3.74. The quantitative estimate of drug-likeness (QED) is 0.746. The Balaban J connectivity index is 1.93. The highest BCUT2D eigenvalue weighted by Gasteiger charge is 2.46. The molecule has 1 aliphatic heterocycles. The number of aromatic hydroxyl groups is 1. The summed E-state index contributed by atoms with van der Waals surface area (Å²) >= 11 is 0. The fourth-order valence-corrected chi connectivity index (χ4v) is 2.98. The van der Waals surface area contributed by atoms with Gasteiger partial charge in [0.2, 0.25) is 0 Å². The Kier molecular flexibility index (Phi) is 4.69. The number of aryl methyl sites for hydroxylation is 1. The van der Waals surface area contributed by atoms with Gasteiger partial charge in [-0.05, 0) is 24.1 Å². The molecule has 1 aromatic rings. The van der Waals surface area contributed by atoms with E-state index >= 15 is 0 Å². The van der Waals surface area contributed by atoms with Gasteiger partial charge in [-0.3, -0.25) is 9.59 Å². The number of amides is 2. The van der Waals surface area contributed by atoms with Crippen LogP contribution in [0.1, 0.15) is 18.4 Å². The van der Waals surface area contributed by atoms with Crippen molar-refractivity contribution in [2.45, 2.75) is 24.5 Å². The van der Waals surface area contributed by atoms with Gasteiger partial charge in [0, 0.05) is 6.26 Å². The molecule has 1 aliphatic rings. The molecule has 0 saturated carbocycles. The van der Waals surface area contributed by atoms with Crippen LogP contribution in [0.15, 0.2) is 24.3 Å². The van der Waals surface area contributed by atoms with E-state index in [2.05, 4.69) is 4.84 Å². The molecule has 0 aliphatic carbocycles. The summed E-state index contributed by atoms with van der Waals surface area (Å²) in [5.41, 5.74) is 0.757. The van der Waals surface area contributed by atoms with Gasteiger partial charge in [-0.15, -0.1) is 5.06 Å². The van der Waals surface area contributed by atoms with Crippen LogP contribution < -0.4 is 0 Å². The molecule has 2 amide bonds. The van der Waals surface area contributed by atoms with Gasteiger partial charge in [0.05, 0.1) is 12.8 Å². The van der Waals surface area contributed by atoms with Crippen LogP contribution in [-0.4, -0.2) is 47.9 Å². The maximum absolute atomic E-state index is 11.8. The monoisotopic (exact) mass is 341 g/mol. The predicted molar refractivity (Wildman–Crippen MR) is 77.6 cm³/mol. The van der Waals surface area contributed by atoms with Crippen molar-refractivity contribution in [3.63, 3.8) is 0 Å². The first-order valence-electron chi connectivity index (χ1n) is 6.73. The van der Waals surface area contributed by atoms with E-state index in [9.17, 15) is 22.8 Å². The average molecular weight is 341 g/mol. The molecular weight excluding hydrogens is 326 g/mol. The van der Waals surface area contributed by atoms with E-state index in [0.717, 1.165) is 11.8 Å². The van der Waals surface area contributed by atoms with Gasteiger partial charge >= 0.3 is 5.97 Å². The molecule has 0 spiro atoms. The van der Waals surface area contributed by atoms with Crippen LogP contribution in [0.3, 0.4) is 0 Å². The van der Waals surface area contributed by atoms with Gasteiger partial charge in [-0.1, -0.05) is 12.1 Å². The molecule has 1 fully saturated rings. The molecule has 0 aromatic heterocycles. The lowest BCUT2D eigenvalue weighted by molar-refractivity contribution is -0.197. The minimum atomic E-state index is -3.74. The maximum Gasteiger partial charge on any atom is 0.333 e. The fourth-order valence-electron chi connectivity index (χ4n) is 2.07. The normalized spacial score (nSPS) is 18.3. The highest BCUT2D eigenvalue weighted by atomic mass is 32.2. The molecule has 0 bridgehead atoms.